The minimum atomic E-state index is -0.948. The van der Waals surface area contributed by atoms with Crippen molar-refractivity contribution in [1.29, 1.82) is 0 Å². The van der Waals surface area contributed by atoms with Gasteiger partial charge in [0.05, 0.1) is 5.69 Å². The van der Waals surface area contributed by atoms with Gasteiger partial charge in [-0.3, -0.25) is 4.90 Å². The third-order valence-corrected chi connectivity index (χ3v) is 4.18. The van der Waals surface area contributed by atoms with E-state index < -0.39 is 5.97 Å². The molecule has 2 aromatic heterocycles. The third kappa shape index (κ3) is 2.78. The van der Waals surface area contributed by atoms with Gasteiger partial charge in [-0.2, -0.15) is 0 Å². The molecule has 5 heteroatoms. The van der Waals surface area contributed by atoms with Crippen LogP contribution in [0.25, 0.3) is 5.65 Å². The molecule has 1 fully saturated rings. The summed E-state index contributed by atoms with van der Waals surface area (Å²) in [6.45, 7) is 6.96. The topological polar surface area (TPSA) is 57.8 Å². The lowest BCUT2D eigenvalue weighted by molar-refractivity contribution is 0.0687. The Bertz CT molecular complexity index is 677. The summed E-state index contributed by atoms with van der Waals surface area (Å²) < 4.78 is 1.93. The molecule has 21 heavy (non-hydrogen) atoms. The van der Waals surface area contributed by atoms with Gasteiger partial charge < -0.3 is 9.51 Å². The molecule has 1 N–H and O–H groups in total. The number of carboxylic acids is 1. The molecule has 5 nitrogen and oxygen atoms in total. The molecule has 1 aliphatic heterocycles. The average Bonchev–Trinajstić information content (AvgIpc) is 2.77. The van der Waals surface area contributed by atoms with Crippen molar-refractivity contribution in [2.45, 2.75) is 33.2 Å². The summed E-state index contributed by atoms with van der Waals surface area (Å²) in [6.07, 6.45) is 4.41. The lowest BCUT2D eigenvalue weighted by Gasteiger charge is -2.30. The minimum absolute atomic E-state index is 0.179. The zero-order valence-corrected chi connectivity index (χ0v) is 12.5. The van der Waals surface area contributed by atoms with Crippen molar-refractivity contribution in [3.8, 4) is 0 Å². The summed E-state index contributed by atoms with van der Waals surface area (Å²) in [7, 11) is 0. The van der Waals surface area contributed by atoms with E-state index in [0.717, 1.165) is 24.3 Å². The Hall–Kier alpha value is -1.88. The number of hydrogen-bond acceptors (Lipinski definition) is 3. The Balaban J connectivity index is 2.00. The van der Waals surface area contributed by atoms with Crippen LogP contribution in [-0.4, -0.2) is 38.4 Å². The molecular formula is C16H21N3O2. The fourth-order valence-electron chi connectivity index (χ4n) is 3.16. The van der Waals surface area contributed by atoms with Crippen molar-refractivity contribution in [2.24, 2.45) is 5.92 Å². The van der Waals surface area contributed by atoms with Gasteiger partial charge >= 0.3 is 5.97 Å². The summed E-state index contributed by atoms with van der Waals surface area (Å²) in [5, 5.41) is 9.42. The second-order valence-corrected chi connectivity index (χ2v) is 6.13. The molecule has 0 aromatic carbocycles. The van der Waals surface area contributed by atoms with Crippen LogP contribution >= 0.6 is 0 Å². The van der Waals surface area contributed by atoms with Crippen molar-refractivity contribution in [3.63, 3.8) is 0 Å². The van der Waals surface area contributed by atoms with Gasteiger partial charge in [0.15, 0.2) is 5.69 Å². The van der Waals surface area contributed by atoms with E-state index in [0.29, 0.717) is 18.1 Å². The summed E-state index contributed by atoms with van der Waals surface area (Å²) in [4.78, 5) is 18.1. The highest BCUT2D eigenvalue weighted by Gasteiger charge is 2.23. The predicted molar refractivity (Wildman–Crippen MR) is 80.6 cm³/mol. The SMILES string of the molecule is Cc1ccc2nc(C(=O)O)c(CN3CCCC(C)C3)n2c1. The summed E-state index contributed by atoms with van der Waals surface area (Å²) in [6, 6.07) is 3.84. The number of carbonyl (C=O) groups is 1. The first-order valence-corrected chi connectivity index (χ1v) is 7.48. The largest absolute Gasteiger partial charge is 0.476 e. The molecule has 1 atom stereocenters. The van der Waals surface area contributed by atoms with Crippen LogP contribution in [-0.2, 0) is 6.54 Å². The lowest BCUT2D eigenvalue weighted by atomic mass is 10.0. The molecule has 0 radical (unpaired) electrons. The highest BCUT2D eigenvalue weighted by molar-refractivity contribution is 5.88. The van der Waals surface area contributed by atoms with Gasteiger partial charge in [-0.25, -0.2) is 9.78 Å². The van der Waals surface area contributed by atoms with Crippen LogP contribution in [0.4, 0.5) is 0 Å². The highest BCUT2D eigenvalue weighted by Crippen LogP contribution is 2.21. The molecule has 0 bridgehead atoms. The van der Waals surface area contributed by atoms with Gasteiger partial charge in [-0.05, 0) is 43.9 Å². The molecule has 112 valence electrons. The molecule has 3 rings (SSSR count). The van der Waals surface area contributed by atoms with Crippen molar-refractivity contribution in [1.82, 2.24) is 14.3 Å². The second-order valence-electron chi connectivity index (χ2n) is 6.13. The number of piperidine rings is 1. The summed E-state index contributed by atoms with van der Waals surface area (Å²) in [5.41, 5.74) is 2.78. The first-order chi connectivity index (χ1) is 10.0. The number of carboxylic acid groups (broad SMARTS) is 1. The first-order valence-electron chi connectivity index (χ1n) is 7.48. The van der Waals surface area contributed by atoms with Crippen molar-refractivity contribution < 1.29 is 9.90 Å². The molecular weight excluding hydrogens is 266 g/mol. The molecule has 1 aliphatic rings. The van der Waals surface area contributed by atoms with Crippen LogP contribution in [0, 0.1) is 12.8 Å². The number of imidazole rings is 1. The maximum absolute atomic E-state index is 11.5. The van der Waals surface area contributed by atoms with E-state index in [9.17, 15) is 9.90 Å². The molecule has 1 unspecified atom stereocenters. The van der Waals surface area contributed by atoms with E-state index in [4.69, 9.17) is 0 Å². The molecule has 2 aromatic rings. The second kappa shape index (κ2) is 5.48. The zero-order valence-electron chi connectivity index (χ0n) is 12.5. The number of fused-ring (bicyclic) bond motifs is 1. The minimum Gasteiger partial charge on any atom is -0.476 e. The predicted octanol–water partition coefficient (Wildman–Crippen LogP) is 2.57. The van der Waals surface area contributed by atoms with Gasteiger partial charge in [0.2, 0.25) is 0 Å². The number of aromatic carboxylic acids is 1. The number of hydrogen-bond donors (Lipinski definition) is 1. The van der Waals surface area contributed by atoms with Crippen LogP contribution < -0.4 is 0 Å². The molecule has 0 amide bonds. The first kappa shape index (κ1) is 14.1. The Morgan fingerprint density at radius 2 is 2.29 bits per heavy atom. The fraction of sp³-hybridized carbons (Fsp3) is 0.500. The lowest BCUT2D eigenvalue weighted by Crippen LogP contribution is -2.34. The Morgan fingerprint density at radius 3 is 3.00 bits per heavy atom. The smallest absolute Gasteiger partial charge is 0.356 e. The van der Waals surface area contributed by atoms with Gasteiger partial charge in [0.1, 0.15) is 5.65 Å². The van der Waals surface area contributed by atoms with E-state index in [1.54, 1.807) is 0 Å². The van der Waals surface area contributed by atoms with E-state index in [1.165, 1.54) is 12.8 Å². The quantitative estimate of drug-likeness (QED) is 0.942. The van der Waals surface area contributed by atoms with Crippen LogP contribution in [0.2, 0.25) is 0 Å². The van der Waals surface area contributed by atoms with Crippen molar-refractivity contribution in [3.05, 3.63) is 35.3 Å². The summed E-state index contributed by atoms with van der Waals surface area (Å²) in [5.74, 6) is -0.274. The number of aryl methyl sites for hydroxylation is 1. The van der Waals surface area contributed by atoms with E-state index in [1.807, 2.05) is 29.7 Å². The van der Waals surface area contributed by atoms with Crippen LogP contribution in [0.15, 0.2) is 18.3 Å². The Morgan fingerprint density at radius 1 is 1.48 bits per heavy atom. The third-order valence-electron chi connectivity index (χ3n) is 4.18. The zero-order chi connectivity index (χ0) is 15.0. The van der Waals surface area contributed by atoms with Gasteiger partial charge in [0, 0.05) is 19.3 Å². The molecule has 0 aliphatic carbocycles. The van der Waals surface area contributed by atoms with Crippen LogP contribution in [0.1, 0.15) is 41.5 Å². The van der Waals surface area contributed by atoms with Gasteiger partial charge in [0.25, 0.3) is 0 Å². The van der Waals surface area contributed by atoms with Crippen molar-refractivity contribution >= 4 is 11.6 Å². The van der Waals surface area contributed by atoms with E-state index in [-0.39, 0.29) is 5.69 Å². The van der Waals surface area contributed by atoms with Gasteiger partial charge in [-0.1, -0.05) is 13.0 Å². The number of nitrogens with zero attached hydrogens (tertiary/aromatic N) is 3. The fourth-order valence-corrected chi connectivity index (χ4v) is 3.16. The average molecular weight is 287 g/mol. The standard InChI is InChI=1S/C16H21N3O2/c1-11-4-3-7-18(8-11)10-13-15(16(20)21)17-14-6-5-12(2)9-19(13)14/h5-6,9,11H,3-4,7-8,10H2,1-2H3,(H,20,21). The molecule has 3 heterocycles. The Kier molecular flexibility index (Phi) is 3.68. The van der Waals surface area contributed by atoms with Gasteiger partial charge in [-0.15, -0.1) is 0 Å². The monoisotopic (exact) mass is 287 g/mol. The highest BCUT2D eigenvalue weighted by atomic mass is 16.4. The normalized spacial score (nSPS) is 20.0. The van der Waals surface area contributed by atoms with Crippen LogP contribution in [0.5, 0.6) is 0 Å². The molecule has 1 saturated heterocycles. The van der Waals surface area contributed by atoms with E-state index >= 15 is 0 Å². The maximum Gasteiger partial charge on any atom is 0.356 e. The number of likely N-dealkylation sites (tertiary alicyclic amines) is 1. The number of pyridine rings is 1. The maximum atomic E-state index is 11.5. The van der Waals surface area contributed by atoms with Crippen molar-refractivity contribution in [2.75, 3.05) is 13.1 Å². The van der Waals surface area contributed by atoms with E-state index in [2.05, 4.69) is 16.8 Å². The summed E-state index contributed by atoms with van der Waals surface area (Å²) >= 11 is 0. The number of aromatic nitrogens is 2. The van der Waals surface area contributed by atoms with Crippen LogP contribution in [0.3, 0.4) is 0 Å². The number of rotatable bonds is 3. The Labute approximate surface area is 124 Å². The molecule has 0 spiro atoms. The molecule has 0 saturated carbocycles.